The van der Waals surface area contributed by atoms with Crippen molar-refractivity contribution in [2.24, 2.45) is 5.10 Å². The number of rotatable bonds is 3. The number of Topliss-reactive ketones (excluding diaryl/α,β-unsaturated/α-hetero) is 1. The van der Waals surface area contributed by atoms with Crippen LogP contribution in [0.1, 0.15) is 24.8 Å². The molecule has 2 aromatic carbocycles. The molecule has 0 saturated heterocycles. The molecule has 122 valence electrons. The van der Waals surface area contributed by atoms with E-state index in [2.05, 4.69) is 5.10 Å². The van der Waals surface area contributed by atoms with E-state index in [1.807, 2.05) is 37.3 Å². The molecule has 0 N–H and O–H groups in total. The number of ketones is 1. The number of ether oxygens (including phenoxy) is 1. The molecular formula is C19H17FN2O2. The summed E-state index contributed by atoms with van der Waals surface area (Å²) < 4.78 is 19.5. The Morgan fingerprint density at radius 1 is 1.29 bits per heavy atom. The van der Waals surface area contributed by atoms with Gasteiger partial charge in [0.1, 0.15) is 29.6 Å². The number of carbonyl (C=O) groups is 1. The number of halogens is 1. The van der Waals surface area contributed by atoms with Gasteiger partial charge in [-0.25, -0.2) is 4.39 Å². The van der Waals surface area contributed by atoms with Crippen LogP contribution in [0.3, 0.4) is 0 Å². The summed E-state index contributed by atoms with van der Waals surface area (Å²) in [6.45, 7) is 2.23. The third-order valence-corrected chi connectivity index (χ3v) is 4.55. The van der Waals surface area contributed by atoms with Crippen LogP contribution in [-0.4, -0.2) is 24.1 Å². The van der Waals surface area contributed by atoms with E-state index in [0.717, 1.165) is 5.56 Å². The zero-order chi connectivity index (χ0) is 16.7. The van der Waals surface area contributed by atoms with Crippen LogP contribution in [0.25, 0.3) is 0 Å². The van der Waals surface area contributed by atoms with Crippen molar-refractivity contribution in [3.8, 4) is 5.75 Å². The lowest BCUT2D eigenvalue weighted by Gasteiger charge is -2.33. The number of anilines is 1. The fourth-order valence-corrected chi connectivity index (χ4v) is 3.39. The van der Waals surface area contributed by atoms with E-state index in [4.69, 9.17) is 4.74 Å². The van der Waals surface area contributed by atoms with Gasteiger partial charge in [-0.2, -0.15) is 5.10 Å². The molecule has 0 bridgehead atoms. The Morgan fingerprint density at radius 2 is 2.08 bits per heavy atom. The largest absolute Gasteiger partial charge is 0.489 e. The van der Waals surface area contributed by atoms with Gasteiger partial charge in [-0.3, -0.25) is 9.80 Å². The summed E-state index contributed by atoms with van der Waals surface area (Å²) in [4.78, 5) is 12.4. The monoisotopic (exact) mass is 324 g/mol. The Labute approximate surface area is 139 Å². The molecule has 0 spiro atoms. The van der Waals surface area contributed by atoms with Gasteiger partial charge < -0.3 is 4.74 Å². The maximum atomic E-state index is 13.7. The predicted molar refractivity (Wildman–Crippen MR) is 90.1 cm³/mol. The van der Waals surface area contributed by atoms with E-state index < -0.39 is 0 Å². The van der Waals surface area contributed by atoms with Crippen molar-refractivity contribution in [1.29, 1.82) is 0 Å². The highest BCUT2D eigenvalue weighted by Gasteiger charge is 2.44. The average molecular weight is 324 g/mol. The first-order valence-corrected chi connectivity index (χ1v) is 8.07. The highest BCUT2D eigenvalue weighted by atomic mass is 19.1. The third kappa shape index (κ3) is 2.28. The maximum absolute atomic E-state index is 13.7. The normalized spacial score (nSPS) is 21.6. The van der Waals surface area contributed by atoms with Gasteiger partial charge in [0.05, 0.1) is 12.0 Å². The van der Waals surface area contributed by atoms with Gasteiger partial charge in [-0.15, -0.1) is 0 Å². The molecule has 4 rings (SSSR count). The fourth-order valence-electron chi connectivity index (χ4n) is 3.39. The Balaban J connectivity index is 1.82. The van der Waals surface area contributed by atoms with Gasteiger partial charge in [-0.1, -0.05) is 37.3 Å². The highest BCUT2D eigenvalue weighted by molar-refractivity contribution is 6.42. The highest BCUT2D eigenvalue weighted by Crippen LogP contribution is 2.43. The van der Waals surface area contributed by atoms with Crippen molar-refractivity contribution >= 4 is 17.2 Å². The number of hydrazone groups is 1. The second-order valence-electron chi connectivity index (χ2n) is 5.99. The van der Waals surface area contributed by atoms with Crippen molar-refractivity contribution in [2.75, 3.05) is 11.6 Å². The Bertz CT molecular complexity index is 819. The van der Waals surface area contributed by atoms with Crippen LogP contribution < -0.4 is 9.75 Å². The van der Waals surface area contributed by atoms with E-state index in [-0.39, 0.29) is 23.6 Å². The lowest BCUT2D eigenvalue weighted by atomic mass is 9.85. The Kier molecular flexibility index (Phi) is 3.56. The summed E-state index contributed by atoms with van der Waals surface area (Å²) >= 11 is 0. The summed E-state index contributed by atoms with van der Waals surface area (Å²) in [6.07, 6.45) is 0.388. The molecule has 0 aliphatic carbocycles. The molecule has 24 heavy (non-hydrogen) atoms. The van der Waals surface area contributed by atoms with Gasteiger partial charge >= 0.3 is 0 Å². The molecule has 0 fully saturated rings. The van der Waals surface area contributed by atoms with Crippen LogP contribution >= 0.6 is 0 Å². The molecule has 2 aliphatic heterocycles. The molecular weight excluding hydrogens is 307 g/mol. The second kappa shape index (κ2) is 5.74. The topological polar surface area (TPSA) is 41.9 Å². The maximum Gasteiger partial charge on any atom is 0.179 e. The minimum Gasteiger partial charge on any atom is -0.489 e. The first-order chi connectivity index (χ1) is 11.7. The van der Waals surface area contributed by atoms with E-state index in [1.165, 1.54) is 12.1 Å². The lowest BCUT2D eigenvalue weighted by molar-refractivity contribution is -0.112. The van der Waals surface area contributed by atoms with Crippen molar-refractivity contribution in [3.05, 3.63) is 59.9 Å². The number of nitrogens with zero attached hydrogens (tertiary/aromatic N) is 2. The van der Waals surface area contributed by atoms with Crippen LogP contribution in [-0.2, 0) is 4.79 Å². The van der Waals surface area contributed by atoms with Crippen LogP contribution in [0.2, 0.25) is 0 Å². The van der Waals surface area contributed by atoms with Crippen LogP contribution in [0.5, 0.6) is 5.75 Å². The van der Waals surface area contributed by atoms with E-state index >= 15 is 0 Å². The molecule has 5 heteroatoms. The molecule has 0 amide bonds. The predicted octanol–water partition coefficient (Wildman–Crippen LogP) is 3.53. The molecule has 0 radical (unpaired) electrons. The minimum absolute atomic E-state index is 0.0104. The van der Waals surface area contributed by atoms with Crippen molar-refractivity contribution in [2.45, 2.75) is 25.3 Å². The smallest absolute Gasteiger partial charge is 0.179 e. The summed E-state index contributed by atoms with van der Waals surface area (Å²) in [7, 11) is 0. The molecule has 2 heterocycles. The molecule has 0 saturated carbocycles. The lowest BCUT2D eigenvalue weighted by Crippen LogP contribution is -2.41. The molecule has 4 nitrogen and oxygen atoms in total. The van der Waals surface area contributed by atoms with E-state index in [0.29, 0.717) is 30.2 Å². The van der Waals surface area contributed by atoms with Crippen molar-refractivity contribution in [3.63, 3.8) is 0 Å². The molecule has 2 aromatic rings. The zero-order valence-electron chi connectivity index (χ0n) is 13.3. The molecule has 0 aromatic heterocycles. The number of benzene rings is 2. The van der Waals surface area contributed by atoms with Crippen molar-refractivity contribution < 1.29 is 13.9 Å². The zero-order valence-corrected chi connectivity index (χ0v) is 13.3. The summed E-state index contributed by atoms with van der Waals surface area (Å²) in [5.41, 5.74) is 2.12. The van der Waals surface area contributed by atoms with Crippen molar-refractivity contribution in [1.82, 2.24) is 0 Å². The number of carbonyl (C=O) groups excluding carboxylic acids is 1. The number of hydrogen-bond acceptors (Lipinski definition) is 4. The van der Waals surface area contributed by atoms with Crippen LogP contribution in [0, 0.1) is 5.82 Å². The van der Waals surface area contributed by atoms with E-state index in [9.17, 15) is 9.18 Å². The molecule has 1 unspecified atom stereocenters. The summed E-state index contributed by atoms with van der Waals surface area (Å²) in [5.74, 6) is 0.0828. The Hall–Kier alpha value is -2.69. The van der Waals surface area contributed by atoms with Gasteiger partial charge in [0, 0.05) is 12.5 Å². The quantitative estimate of drug-likeness (QED) is 0.867. The van der Waals surface area contributed by atoms with Crippen LogP contribution in [0.4, 0.5) is 10.1 Å². The summed E-state index contributed by atoms with van der Waals surface area (Å²) in [6, 6.07) is 14.1. The minimum atomic E-state index is -0.347. The van der Waals surface area contributed by atoms with Gasteiger partial charge in [0.2, 0.25) is 0 Å². The average Bonchev–Trinajstić information content (AvgIpc) is 3.01. The molecule has 2 atom stereocenters. The molecule has 2 aliphatic rings. The first kappa shape index (κ1) is 14.9. The van der Waals surface area contributed by atoms with Crippen LogP contribution in [0.15, 0.2) is 53.6 Å². The number of hydrogen-bond donors (Lipinski definition) is 0. The van der Waals surface area contributed by atoms with Gasteiger partial charge in [0.25, 0.3) is 0 Å². The van der Waals surface area contributed by atoms with Gasteiger partial charge in [0.15, 0.2) is 5.78 Å². The standard InChI is InChI=1S/C19H17FN2O2/c1-2-16(23)19-18(12-6-4-3-5-7-12)15-11-24-17-9-8-13(20)10-14(17)22(15)21-19/h3-10,15,18H,2,11H2,1H3/t15?,18-/m0/s1. The third-order valence-electron chi connectivity index (χ3n) is 4.55. The summed E-state index contributed by atoms with van der Waals surface area (Å²) in [5, 5.41) is 6.33. The van der Waals surface area contributed by atoms with Gasteiger partial charge in [-0.05, 0) is 17.7 Å². The Morgan fingerprint density at radius 3 is 2.83 bits per heavy atom. The second-order valence-corrected chi connectivity index (χ2v) is 5.99. The first-order valence-electron chi connectivity index (χ1n) is 8.07. The van der Waals surface area contributed by atoms with E-state index in [1.54, 1.807) is 11.1 Å². The number of fused-ring (bicyclic) bond motifs is 3. The fraction of sp³-hybridized carbons (Fsp3) is 0.263. The SMILES string of the molecule is CCC(=O)C1=NN2c3cc(F)ccc3OCC2[C@@H]1c1ccccc1.